The first kappa shape index (κ1) is 11.5. The Hall–Kier alpha value is -1.00. The highest BCUT2D eigenvalue weighted by Gasteiger charge is 2.63. The molecule has 2 aliphatic heterocycles. The third kappa shape index (κ3) is 1.53. The van der Waals surface area contributed by atoms with Crippen LogP contribution >= 0.6 is 0 Å². The number of nitrogens with zero attached hydrogens (tertiary/aromatic N) is 1. The largest absolute Gasteiger partial charge is 0.383 e. The van der Waals surface area contributed by atoms with Gasteiger partial charge < -0.3 is 24.1 Å². The van der Waals surface area contributed by atoms with E-state index in [9.17, 15) is 9.90 Å². The first-order chi connectivity index (χ1) is 7.43. The summed E-state index contributed by atoms with van der Waals surface area (Å²) in [6, 6.07) is 1.83. The zero-order valence-electron chi connectivity index (χ0n) is 9.04. The van der Waals surface area contributed by atoms with E-state index in [4.69, 9.17) is 19.5 Å². The Morgan fingerprint density at radius 2 is 2.19 bits per heavy atom. The molecule has 16 heavy (non-hydrogen) atoms. The molecular weight excluding hydrogens is 214 g/mol. The standard InChI is InChI=1S/C10H13NO5/c1-9(2)15-7-8(16-9)14-6(5-12)10(7,13)3-4-11/h5-8,13H,3H2,1-2H3/t6-,7+,8-,10+/m1/s1. The third-order valence-electron chi connectivity index (χ3n) is 2.81. The normalized spacial score (nSPS) is 45.0. The van der Waals surface area contributed by atoms with E-state index >= 15 is 0 Å². The van der Waals surface area contributed by atoms with E-state index in [0.717, 1.165) is 0 Å². The highest BCUT2D eigenvalue weighted by Crippen LogP contribution is 2.43. The van der Waals surface area contributed by atoms with Crippen molar-refractivity contribution < 1.29 is 24.1 Å². The molecule has 0 saturated carbocycles. The second-order valence-electron chi connectivity index (χ2n) is 4.44. The first-order valence-electron chi connectivity index (χ1n) is 4.99. The number of hydrogen-bond donors (Lipinski definition) is 1. The fraction of sp³-hybridized carbons (Fsp3) is 0.800. The lowest BCUT2D eigenvalue weighted by Crippen LogP contribution is -2.49. The monoisotopic (exact) mass is 227 g/mol. The Balaban J connectivity index is 2.27. The van der Waals surface area contributed by atoms with E-state index in [1.165, 1.54) is 0 Å². The molecule has 0 aliphatic carbocycles. The Labute approximate surface area is 92.7 Å². The number of carbonyl (C=O) groups is 1. The molecule has 0 spiro atoms. The Bertz CT molecular complexity index is 350. The first-order valence-corrected chi connectivity index (χ1v) is 4.99. The van der Waals surface area contributed by atoms with Crippen molar-refractivity contribution in [2.45, 2.75) is 50.2 Å². The van der Waals surface area contributed by atoms with Gasteiger partial charge in [-0.25, -0.2) is 0 Å². The molecule has 6 nitrogen and oxygen atoms in total. The van der Waals surface area contributed by atoms with Crippen molar-refractivity contribution in [2.75, 3.05) is 0 Å². The van der Waals surface area contributed by atoms with Crippen LogP contribution < -0.4 is 0 Å². The van der Waals surface area contributed by atoms with E-state index < -0.39 is 29.9 Å². The second-order valence-corrected chi connectivity index (χ2v) is 4.44. The number of hydrogen-bond acceptors (Lipinski definition) is 6. The minimum atomic E-state index is -1.63. The van der Waals surface area contributed by atoms with Crippen LogP contribution in [0.2, 0.25) is 0 Å². The van der Waals surface area contributed by atoms with Crippen LogP contribution in [0.3, 0.4) is 0 Å². The molecule has 0 unspecified atom stereocenters. The van der Waals surface area contributed by atoms with E-state index in [1.54, 1.807) is 13.8 Å². The van der Waals surface area contributed by atoms with Gasteiger partial charge in [0.1, 0.15) is 17.8 Å². The molecule has 2 heterocycles. The minimum absolute atomic E-state index is 0.239. The van der Waals surface area contributed by atoms with Crippen molar-refractivity contribution in [3.05, 3.63) is 0 Å². The van der Waals surface area contributed by atoms with Crippen molar-refractivity contribution in [1.82, 2.24) is 0 Å². The topological polar surface area (TPSA) is 88.8 Å². The Kier molecular flexibility index (Phi) is 2.51. The molecule has 0 amide bonds. The highest BCUT2D eigenvalue weighted by molar-refractivity contribution is 5.60. The molecule has 2 saturated heterocycles. The summed E-state index contributed by atoms with van der Waals surface area (Å²) >= 11 is 0. The van der Waals surface area contributed by atoms with E-state index in [-0.39, 0.29) is 6.42 Å². The van der Waals surface area contributed by atoms with Gasteiger partial charge >= 0.3 is 0 Å². The van der Waals surface area contributed by atoms with Gasteiger partial charge in [-0.15, -0.1) is 0 Å². The van der Waals surface area contributed by atoms with Gasteiger partial charge in [-0.1, -0.05) is 0 Å². The molecular formula is C10H13NO5. The number of aldehydes is 1. The molecule has 0 radical (unpaired) electrons. The third-order valence-corrected chi connectivity index (χ3v) is 2.81. The predicted molar refractivity (Wildman–Crippen MR) is 49.9 cm³/mol. The van der Waals surface area contributed by atoms with Crippen molar-refractivity contribution in [1.29, 1.82) is 5.26 Å². The van der Waals surface area contributed by atoms with Gasteiger partial charge in [0.15, 0.2) is 18.4 Å². The molecule has 0 aromatic carbocycles. The van der Waals surface area contributed by atoms with Crippen molar-refractivity contribution >= 4 is 6.29 Å². The fourth-order valence-electron chi connectivity index (χ4n) is 2.07. The van der Waals surface area contributed by atoms with Crippen molar-refractivity contribution in [3.8, 4) is 6.07 Å². The number of rotatable bonds is 2. The van der Waals surface area contributed by atoms with E-state index in [1.807, 2.05) is 6.07 Å². The zero-order valence-corrected chi connectivity index (χ0v) is 9.04. The number of fused-ring (bicyclic) bond motifs is 1. The summed E-state index contributed by atoms with van der Waals surface area (Å²) in [5.41, 5.74) is -1.63. The Morgan fingerprint density at radius 3 is 2.75 bits per heavy atom. The van der Waals surface area contributed by atoms with Crippen molar-refractivity contribution in [3.63, 3.8) is 0 Å². The molecule has 88 valence electrons. The molecule has 4 atom stereocenters. The molecule has 2 fully saturated rings. The van der Waals surface area contributed by atoms with Gasteiger partial charge in [0.2, 0.25) is 0 Å². The maximum atomic E-state index is 10.8. The molecule has 1 N–H and O–H groups in total. The zero-order chi connectivity index (χ0) is 12.0. The molecule has 0 aromatic heterocycles. The SMILES string of the molecule is CC1(C)O[C@H]2O[C@H](C=O)[C@@](O)(CC#N)[C@H]2O1. The fourth-order valence-corrected chi connectivity index (χ4v) is 2.07. The average molecular weight is 227 g/mol. The van der Waals surface area contributed by atoms with Crippen LogP contribution in [-0.2, 0) is 19.0 Å². The second kappa shape index (κ2) is 3.50. The van der Waals surface area contributed by atoms with E-state index in [0.29, 0.717) is 6.29 Å². The predicted octanol–water partition coefficient (Wildman–Crippen LogP) is -0.294. The van der Waals surface area contributed by atoms with Crippen molar-refractivity contribution in [2.24, 2.45) is 0 Å². The van der Waals surface area contributed by atoms with Gasteiger partial charge in [0, 0.05) is 0 Å². The van der Waals surface area contributed by atoms with Gasteiger partial charge in [-0.2, -0.15) is 5.26 Å². The lowest BCUT2D eigenvalue weighted by Gasteiger charge is -2.29. The summed E-state index contributed by atoms with van der Waals surface area (Å²) in [7, 11) is 0. The van der Waals surface area contributed by atoms with Crippen LogP contribution in [-0.4, -0.2) is 41.3 Å². The Morgan fingerprint density at radius 1 is 1.50 bits per heavy atom. The minimum Gasteiger partial charge on any atom is -0.383 e. The smallest absolute Gasteiger partial charge is 0.191 e. The van der Waals surface area contributed by atoms with E-state index in [2.05, 4.69) is 0 Å². The number of ether oxygens (including phenoxy) is 3. The van der Waals surface area contributed by atoms with Crippen LogP contribution in [0.1, 0.15) is 20.3 Å². The van der Waals surface area contributed by atoms with Gasteiger partial charge in [-0.05, 0) is 13.8 Å². The van der Waals surface area contributed by atoms with Gasteiger partial charge in [-0.3, -0.25) is 0 Å². The van der Waals surface area contributed by atoms with Crippen LogP contribution in [0.15, 0.2) is 0 Å². The molecule has 0 bridgehead atoms. The van der Waals surface area contributed by atoms with Gasteiger partial charge in [0.05, 0.1) is 12.5 Å². The summed E-state index contributed by atoms with van der Waals surface area (Å²) in [6.45, 7) is 3.36. The summed E-state index contributed by atoms with van der Waals surface area (Å²) in [5.74, 6) is -0.882. The van der Waals surface area contributed by atoms with Crippen LogP contribution in [0.4, 0.5) is 0 Å². The molecule has 0 aromatic rings. The maximum absolute atomic E-state index is 10.8. The lowest BCUT2D eigenvalue weighted by molar-refractivity contribution is -0.224. The maximum Gasteiger partial charge on any atom is 0.191 e. The van der Waals surface area contributed by atoms with Crippen LogP contribution in [0.25, 0.3) is 0 Å². The van der Waals surface area contributed by atoms with Gasteiger partial charge in [0.25, 0.3) is 0 Å². The quantitative estimate of drug-likeness (QED) is 0.652. The summed E-state index contributed by atoms with van der Waals surface area (Å²) in [5, 5.41) is 18.9. The average Bonchev–Trinajstić information content (AvgIpc) is 2.61. The number of aliphatic hydroxyl groups is 1. The van der Waals surface area contributed by atoms with Crippen LogP contribution in [0.5, 0.6) is 0 Å². The summed E-state index contributed by atoms with van der Waals surface area (Å²) in [4.78, 5) is 10.8. The molecule has 2 aliphatic rings. The summed E-state index contributed by atoms with van der Waals surface area (Å²) < 4.78 is 16.1. The molecule has 2 rings (SSSR count). The lowest BCUT2D eigenvalue weighted by atomic mass is 9.90. The summed E-state index contributed by atoms with van der Waals surface area (Å²) in [6.07, 6.45) is -2.47. The number of nitriles is 1. The molecule has 6 heteroatoms. The number of carbonyl (C=O) groups excluding carboxylic acids is 1. The highest BCUT2D eigenvalue weighted by atomic mass is 16.8. The van der Waals surface area contributed by atoms with Crippen LogP contribution in [0, 0.1) is 11.3 Å².